The van der Waals surface area contributed by atoms with Crippen LogP contribution >= 0.6 is 0 Å². The zero-order valence-corrected chi connectivity index (χ0v) is 16.4. The van der Waals surface area contributed by atoms with Crippen LogP contribution < -0.4 is 10.2 Å². The summed E-state index contributed by atoms with van der Waals surface area (Å²) in [5.41, 5.74) is 0.117. The molecule has 1 amide bonds. The number of nitrogens with one attached hydrogen (secondary N) is 1. The Hall–Kier alpha value is -2.00. The fraction of sp³-hybridized carbons (Fsp3) is 0.700. The molecule has 0 radical (unpaired) electrons. The van der Waals surface area contributed by atoms with Crippen molar-refractivity contribution in [1.82, 2.24) is 10.3 Å². The third-order valence-corrected chi connectivity index (χ3v) is 5.91. The lowest BCUT2D eigenvalue weighted by Crippen LogP contribution is -2.47. The summed E-state index contributed by atoms with van der Waals surface area (Å²) in [4.78, 5) is 18.8. The lowest BCUT2D eigenvalue weighted by Gasteiger charge is -2.37. The molecule has 1 N–H and O–H groups in total. The standard InChI is InChI=1S/C20H25F6N3O/c21-19(22,23)14-9-15(20(24,25)26)11-16(10-14)28-18(30)13-5-6-17(27-12-13)29-7-3-1-2-4-8-29/h5-6,12,14-16H,1-4,7-11H2,(H,28,30)/t14-,15-/m1/s1. The summed E-state index contributed by atoms with van der Waals surface area (Å²) in [6.07, 6.45) is -5.85. The molecule has 2 fully saturated rings. The second kappa shape index (κ2) is 9.01. The molecular formula is C20H25F6N3O. The average Bonchev–Trinajstić information content (AvgIpc) is 2.96. The van der Waals surface area contributed by atoms with Crippen LogP contribution in [0, 0.1) is 11.8 Å². The van der Waals surface area contributed by atoms with Gasteiger partial charge in [-0.25, -0.2) is 4.98 Å². The molecule has 3 rings (SSSR count). The van der Waals surface area contributed by atoms with E-state index in [9.17, 15) is 31.1 Å². The molecule has 30 heavy (non-hydrogen) atoms. The van der Waals surface area contributed by atoms with E-state index in [0.717, 1.165) is 38.8 Å². The Morgan fingerprint density at radius 1 is 0.900 bits per heavy atom. The van der Waals surface area contributed by atoms with Gasteiger partial charge in [-0.1, -0.05) is 12.8 Å². The Labute approximate surface area is 171 Å². The Morgan fingerprint density at radius 3 is 1.93 bits per heavy atom. The lowest BCUT2D eigenvalue weighted by molar-refractivity contribution is -0.225. The summed E-state index contributed by atoms with van der Waals surface area (Å²) in [6, 6.07) is 1.97. The summed E-state index contributed by atoms with van der Waals surface area (Å²) in [5, 5.41) is 2.36. The minimum Gasteiger partial charge on any atom is -0.357 e. The van der Waals surface area contributed by atoms with E-state index in [1.807, 2.05) is 0 Å². The minimum absolute atomic E-state index is 0.117. The van der Waals surface area contributed by atoms with E-state index in [2.05, 4.69) is 15.2 Å². The Bertz CT molecular complexity index is 689. The summed E-state index contributed by atoms with van der Waals surface area (Å²) >= 11 is 0. The van der Waals surface area contributed by atoms with Crippen molar-refractivity contribution >= 4 is 11.7 Å². The number of hydrogen-bond donors (Lipinski definition) is 1. The molecule has 1 aliphatic heterocycles. The third kappa shape index (κ3) is 5.78. The fourth-order valence-corrected chi connectivity index (χ4v) is 4.25. The van der Waals surface area contributed by atoms with E-state index in [1.165, 1.54) is 12.3 Å². The quantitative estimate of drug-likeness (QED) is 0.670. The predicted molar refractivity (Wildman–Crippen MR) is 99.1 cm³/mol. The highest BCUT2D eigenvalue weighted by molar-refractivity contribution is 5.94. The average molecular weight is 437 g/mol. The fourth-order valence-electron chi connectivity index (χ4n) is 4.25. The number of pyridine rings is 1. The van der Waals surface area contributed by atoms with Crippen molar-refractivity contribution in [2.75, 3.05) is 18.0 Å². The predicted octanol–water partition coefficient (Wildman–Crippen LogP) is 5.10. The van der Waals surface area contributed by atoms with Crippen LogP contribution in [-0.2, 0) is 0 Å². The molecule has 1 saturated heterocycles. The van der Waals surface area contributed by atoms with Crippen molar-refractivity contribution in [1.29, 1.82) is 0 Å². The van der Waals surface area contributed by atoms with Gasteiger partial charge < -0.3 is 10.2 Å². The molecule has 10 heteroatoms. The van der Waals surface area contributed by atoms with Gasteiger partial charge >= 0.3 is 12.4 Å². The molecule has 1 aromatic rings. The van der Waals surface area contributed by atoms with E-state index in [4.69, 9.17) is 0 Å². The monoisotopic (exact) mass is 437 g/mol. The van der Waals surface area contributed by atoms with E-state index in [0.29, 0.717) is 5.82 Å². The highest BCUT2D eigenvalue weighted by Gasteiger charge is 2.52. The van der Waals surface area contributed by atoms with Gasteiger partial charge in [0.2, 0.25) is 0 Å². The van der Waals surface area contributed by atoms with Crippen LogP contribution in [0.3, 0.4) is 0 Å². The first-order chi connectivity index (χ1) is 14.0. The molecule has 2 aliphatic rings. The largest absolute Gasteiger partial charge is 0.391 e. The molecule has 2 heterocycles. The smallest absolute Gasteiger partial charge is 0.357 e. The number of aromatic nitrogens is 1. The van der Waals surface area contributed by atoms with Crippen molar-refractivity contribution in [3.8, 4) is 0 Å². The number of carbonyl (C=O) groups excluding carboxylic acids is 1. The highest BCUT2D eigenvalue weighted by atomic mass is 19.4. The first-order valence-electron chi connectivity index (χ1n) is 10.2. The number of carbonyl (C=O) groups is 1. The van der Waals surface area contributed by atoms with Crippen molar-refractivity contribution in [3.05, 3.63) is 23.9 Å². The van der Waals surface area contributed by atoms with Gasteiger partial charge in [0.1, 0.15) is 5.82 Å². The van der Waals surface area contributed by atoms with E-state index < -0.39 is 55.4 Å². The van der Waals surface area contributed by atoms with Gasteiger partial charge in [0.15, 0.2) is 0 Å². The van der Waals surface area contributed by atoms with Crippen LogP contribution in [-0.4, -0.2) is 42.4 Å². The van der Waals surface area contributed by atoms with Gasteiger partial charge in [0, 0.05) is 25.3 Å². The van der Waals surface area contributed by atoms with Crippen LogP contribution in [0.1, 0.15) is 55.3 Å². The lowest BCUT2D eigenvalue weighted by atomic mass is 9.77. The molecule has 0 bridgehead atoms. The zero-order valence-electron chi connectivity index (χ0n) is 16.4. The Balaban J connectivity index is 1.66. The highest BCUT2D eigenvalue weighted by Crippen LogP contribution is 2.45. The third-order valence-electron chi connectivity index (χ3n) is 5.91. The Kier molecular flexibility index (Phi) is 6.81. The number of amides is 1. The van der Waals surface area contributed by atoms with Crippen LogP contribution in [0.2, 0.25) is 0 Å². The molecule has 168 valence electrons. The summed E-state index contributed by atoms with van der Waals surface area (Å²) in [6.45, 7) is 1.72. The SMILES string of the molecule is O=C(NC1C[C@H](C(F)(F)F)C[C@@H](C(F)(F)F)C1)c1ccc(N2CCCCCC2)nc1. The maximum atomic E-state index is 13.1. The number of rotatable bonds is 3. The molecular weight excluding hydrogens is 412 g/mol. The van der Waals surface area contributed by atoms with Gasteiger partial charge in [-0.05, 0) is 44.2 Å². The van der Waals surface area contributed by atoms with Gasteiger partial charge in [-0.15, -0.1) is 0 Å². The van der Waals surface area contributed by atoms with Crippen LogP contribution in [0.5, 0.6) is 0 Å². The van der Waals surface area contributed by atoms with Crippen molar-refractivity contribution in [3.63, 3.8) is 0 Å². The second-order valence-electron chi connectivity index (χ2n) is 8.16. The maximum Gasteiger partial charge on any atom is 0.391 e. The molecule has 4 nitrogen and oxygen atoms in total. The summed E-state index contributed by atoms with van der Waals surface area (Å²) in [7, 11) is 0. The number of nitrogens with zero attached hydrogens (tertiary/aromatic N) is 2. The van der Waals surface area contributed by atoms with E-state index >= 15 is 0 Å². The van der Waals surface area contributed by atoms with E-state index in [1.54, 1.807) is 6.07 Å². The molecule has 0 spiro atoms. The molecule has 0 aromatic carbocycles. The van der Waals surface area contributed by atoms with Crippen molar-refractivity contribution in [2.45, 2.75) is 63.3 Å². The topological polar surface area (TPSA) is 45.2 Å². The molecule has 0 unspecified atom stereocenters. The first-order valence-corrected chi connectivity index (χ1v) is 10.2. The Morgan fingerprint density at radius 2 is 1.47 bits per heavy atom. The molecule has 1 aromatic heterocycles. The molecule has 1 aliphatic carbocycles. The van der Waals surface area contributed by atoms with Crippen LogP contribution in [0.25, 0.3) is 0 Å². The van der Waals surface area contributed by atoms with Crippen molar-refractivity contribution in [2.24, 2.45) is 11.8 Å². The summed E-state index contributed by atoms with van der Waals surface area (Å²) in [5.74, 6) is -4.18. The number of hydrogen-bond acceptors (Lipinski definition) is 3. The maximum absolute atomic E-state index is 13.1. The first kappa shape index (κ1) is 22.7. The normalized spacial score (nSPS) is 26.2. The molecule has 2 atom stereocenters. The number of halogens is 6. The van der Waals surface area contributed by atoms with Gasteiger partial charge in [0.05, 0.1) is 17.4 Å². The summed E-state index contributed by atoms with van der Waals surface area (Å²) < 4.78 is 78.6. The number of anilines is 1. The zero-order chi connectivity index (χ0) is 21.9. The van der Waals surface area contributed by atoms with Gasteiger partial charge in [-0.3, -0.25) is 4.79 Å². The van der Waals surface area contributed by atoms with Crippen LogP contribution in [0.15, 0.2) is 18.3 Å². The van der Waals surface area contributed by atoms with Gasteiger partial charge in [0.25, 0.3) is 5.91 Å². The second-order valence-corrected chi connectivity index (χ2v) is 8.16. The van der Waals surface area contributed by atoms with E-state index in [-0.39, 0.29) is 5.56 Å². The minimum atomic E-state index is -4.73. The van der Waals surface area contributed by atoms with Crippen LogP contribution in [0.4, 0.5) is 32.2 Å². The van der Waals surface area contributed by atoms with Crippen molar-refractivity contribution < 1.29 is 31.1 Å². The van der Waals surface area contributed by atoms with Gasteiger partial charge in [-0.2, -0.15) is 26.3 Å². The number of alkyl halides is 6. The molecule has 1 saturated carbocycles.